The van der Waals surface area contributed by atoms with Crippen molar-refractivity contribution < 1.29 is 0 Å². The van der Waals surface area contributed by atoms with E-state index in [0.717, 1.165) is 38.4 Å². The molecule has 0 amide bonds. The molecule has 0 aliphatic carbocycles. The van der Waals surface area contributed by atoms with Crippen LogP contribution in [0.25, 0.3) is 0 Å². The van der Waals surface area contributed by atoms with E-state index >= 15 is 0 Å². The second kappa shape index (κ2) is 7.18. The molecule has 3 N–H and O–H groups in total. The molecule has 0 atom stereocenters. The molecule has 1 saturated heterocycles. The summed E-state index contributed by atoms with van der Waals surface area (Å²) >= 11 is 0. The van der Waals surface area contributed by atoms with E-state index in [4.69, 9.17) is 5.73 Å². The normalized spacial score (nSPS) is 15.0. The van der Waals surface area contributed by atoms with E-state index in [-0.39, 0.29) is 0 Å². The summed E-state index contributed by atoms with van der Waals surface area (Å²) in [5, 5.41) is 3.30. The van der Waals surface area contributed by atoms with E-state index in [1.54, 1.807) is 0 Å². The number of piperazine rings is 1. The van der Waals surface area contributed by atoms with E-state index in [1.807, 2.05) is 0 Å². The van der Waals surface area contributed by atoms with Gasteiger partial charge >= 0.3 is 0 Å². The van der Waals surface area contributed by atoms with Crippen LogP contribution in [0.5, 0.6) is 0 Å². The van der Waals surface area contributed by atoms with Crippen molar-refractivity contribution in [3.63, 3.8) is 0 Å². The molecule has 1 fully saturated rings. The van der Waals surface area contributed by atoms with Crippen molar-refractivity contribution in [3.8, 4) is 0 Å². The lowest BCUT2D eigenvalue weighted by Gasteiger charge is -2.37. The Kier molecular flexibility index (Phi) is 4.81. The Bertz CT molecular complexity index is 559. The summed E-state index contributed by atoms with van der Waals surface area (Å²) in [4.78, 5) is 4.90. The van der Waals surface area contributed by atoms with Crippen LogP contribution in [-0.2, 0) is 0 Å². The van der Waals surface area contributed by atoms with Crippen LogP contribution in [-0.4, -0.2) is 39.3 Å². The molecule has 0 aromatic heterocycles. The molecule has 22 heavy (non-hydrogen) atoms. The Hall–Kier alpha value is -2.20. The highest BCUT2D eigenvalue weighted by Crippen LogP contribution is 2.21. The molecule has 1 aliphatic rings. The number of hydrogen-bond acceptors (Lipinski definition) is 4. The van der Waals surface area contributed by atoms with Crippen molar-refractivity contribution in [1.29, 1.82) is 0 Å². The zero-order valence-electron chi connectivity index (χ0n) is 12.9. The Morgan fingerprint density at radius 2 is 1.32 bits per heavy atom. The molecule has 0 bridgehead atoms. The lowest BCUT2D eigenvalue weighted by molar-refractivity contribution is 0.653. The fourth-order valence-corrected chi connectivity index (χ4v) is 2.87. The molecular formula is C18H24N4. The number of rotatable bonds is 5. The van der Waals surface area contributed by atoms with Gasteiger partial charge in [0, 0.05) is 56.3 Å². The minimum absolute atomic E-state index is 0.656. The van der Waals surface area contributed by atoms with Gasteiger partial charge in [-0.15, -0.1) is 0 Å². The average molecular weight is 296 g/mol. The smallest absolute Gasteiger partial charge is 0.0368 e. The predicted molar refractivity (Wildman–Crippen MR) is 94.9 cm³/mol. The Morgan fingerprint density at radius 1 is 0.773 bits per heavy atom. The van der Waals surface area contributed by atoms with Crippen molar-refractivity contribution >= 4 is 17.1 Å². The van der Waals surface area contributed by atoms with Crippen molar-refractivity contribution in [3.05, 3.63) is 54.6 Å². The third kappa shape index (κ3) is 3.52. The third-order valence-corrected chi connectivity index (χ3v) is 4.11. The van der Waals surface area contributed by atoms with Gasteiger partial charge in [-0.1, -0.05) is 18.2 Å². The van der Waals surface area contributed by atoms with Crippen LogP contribution in [0.4, 0.5) is 17.1 Å². The molecule has 0 spiro atoms. The van der Waals surface area contributed by atoms with Gasteiger partial charge in [-0.05, 0) is 36.4 Å². The molecule has 0 radical (unpaired) electrons. The largest absolute Gasteiger partial charge is 0.384 e. The van der Waals surface area contributed by atoms with E-state index < -0.39 is 0 Å². The first-order valence-corrected chi connectivity index (χ1v) is 7.96. The van der Waals surface area contributed by atoms with E-state index in [2.05, 4.69) is 69.7 Å². The van der Waals surface area contributed by atoms with Gasteiger partial charge in [0.1, 0.15) is 0 Å². The zero-order chi connectivity index (χ0) is 15.2. The maximum Gasteiger partial charge on any atom is 0.0368 e. The van der Waals surface area contributed by atoms with Gasteiger partial charge in [0.05, 0.1) is 0 Å². The lowest BCUT2D eigenvalue weighted by atomic mass is 10.2. The predicted octanol–water partition coefficient (Wildman–Crippen LogP) is 2.38. The number of nitrogens with two attached hydrogens (primary N) is 1. The Balaban J connectivity index is 1.57. The van der Waals surface area contributed by atoms with E-state index in [1.165, 1.54) is 11.4 Å². The first-order valence-electron chi connectivity index (χ1n) is 7.96. The maximum atomic E-state index is 5.51. The first kappa shape index (κ1) is 14.7. The summed E-state index contributed by atoms with van der Waals surface area (Å²) in [6, 6.07) is 19.3. The lowest BCUT2D eigenvalue weighted by Crippen LogP contribution is -2.46. The van der Waals surface area contributed by atoms with Gasteiger partial charge in [0.25, 0.3) is 0 Å². The summed E-state index contributed by atoms with van der Waals surface area (Å²) < 4.78 is 0. The Labute approximate surface area is 132 Å². The number of nitrogens with one attached hydrogen (secondary N) is 1. The van der Waals surface area contributed by atoms with E-state index in [9.17, 15) is 0 Å². The summed E-state index contributed by atoms with van der Waals surface area (Å²) in [6.45, 7) is 5.72. The quantitative estimate of drug-likeness (QED) is 0.889. The standard InChI is InChI=1S/C18H24N4/c19-10-11-20-16-6-8-18(9-7-16)22-14-12-21(13-15-22)17-4-2-1-3-5-17/h1-9,20H,10-15,19H2. The molecule has 2 aromatic carbocycles. The maximum absolute atomic E-state index is 5.51. The monoisotopic (exact) mass is 296 g/mol. The second-order valence-electron chi connectivity index (χ2n) is 5.57. The number of hydrogen-bond donors (Lipinski definition) is 2. The molecule has 4 nitrogen and oxygen atoms in total. The molecule has 3 rings (SSSR count). The van der Waals surface area contributed by atoms with Crippen molar-refractivity contribution in [1.82, 2.24) is 0 Å². The molecule has 1 aliphatic heterocycles. The molecule has 0 unspecified atom stereocenters. The highest BCUT2D eigenvalue weighted by Gasteiger charge is 2.17. The fourth-order valence-electron chi connectivity index (χ4n) is 2.87. The van der Waals surface area contributed by atoms with Gasteiger partial charge in [0.2, 0.25) is 0 Å². The van der Waals surface area contributed by atoms with Crippen LogP contribution < -0.4 is 20.9 Å². The van der Waals surface area contributed by atoms with Crippen LogP contribution in [0, 0.1) is 0 Å². The minimum Gasteiger partial charge on any atom is -0.384 e. The van der Waals surface area contributed by atoms with Crippen LogP contribution in [0.15, 0.2) is 54.6 Å². The number of nitrogens with zero attached hydrogens (tertiary/aromatic N) is 2. The number of anilines is 3. The van der Waals surface area contributed by atoms with Crippen LogP contribution in [0.1, 0.15) is 0 Å². The fraction of sp³-hybridized carbons (Fsp3) is 0.333. The van der Waals surface area contributed by atoms with Crippen molar-refractivity contribution in [2.24, 2.45) is 5.73 Å². The van der Waals surface area contributed by atoms with Crippen LogP contribution >= 0.6 is 0 Å². The summed E-state index contributed by atoms with van der Waals surface area (Å²) in [6.07, 6.45) is 0. The molecule has 1 heterocycles. The molecular weight excluding hydrogens is 272 g/mol. The van der Waals surface area contributed by atoms with Gasteiger partial charge in [0.15, 0.2) is 0 Å². The second-order valence-corrected chi connectivity index (χ2v) is 5.57. The average Bonchev–Trinajstić information content (AvgIpc) is 2.61. The van der Waals surface area contributed by atoms with Gasteiger partial charge in [-0.25, -0.2) is 0 Å². The zero-order valence-corrected chi connectivity index (χ0v) is 12.9. The van der Waals surface area contributed by atoms with Crippen molar-refractivity contribution in [2.45, 2.75) is 0 Å². The minimum atomic E-state index is 0.656. The van der Waals surface area contributed by atoms with Gasteiger partial charge < -0.3 is 20.9 Å². The topological polar surface area (TPSA) is 44.5 Å². The molecule has 0 saturated carbocycles. The van der Waals surface area contributed by atoms with Crippen LogP contribution in [0.3, 0.4) is 0 Å². The third-order valence-electron chi connectivity index (χ3n) is 4.11. The van der Waals surface area contributed by atoms with Crippen molar-refractivity contribution in [2.75, 3.05) is 54.4 Å². The van der Waals surface area contributed by atoms with E-state index in [0.29, 0.717) is 6.54 Å². The molecule has 4 heteroatoms. The summed E-state index contributed by atoms with van der Waals surface area (Å²) in [5.41, 5.74) is 9.26. The SMILES string of the molecule is NCCNc1ccc(N2CCN(c3ccccc3)CC2)cc1. The Morgan fingerprint density at radius 3 is 1.86 bits per heavy atom. The molecule has 116 valence electrons. The van der Waals surface area contributed by atoms with Gasteiger partial charge in [-0.2, -0.15) is 0 Å². The number of para-hydroxylation sites is 1. The highest BCUT2D eigenvalue weighted by molar-refractivity contribution is 5.56. The summed E-state index contributed by atoms with van der Waals surface area (Å²) in [7, 11) is 0. The van der Waals surface area contributed by atoms with Crippen LogP contribution in [0.2, 0.25) is 0 Å². The van der Waals surface area contributed by atoms with Gasteiger partial charge in [-0.3, -0.25) is 0 Å². The number of benzene rings is 2. The molecule has 2 aromatic rings. The highest BCUT2D eigenvalue weighted by atomic mass is 15.3. The summed E-state index contributed by atoms with van der Waals surface area (Å²) in [5.74, 6) is 0. The first-order chi connectivity index (χ1) is 10.9.